The van der Waals surface area contributed by atoms with Crippen molar-refractivity contribution in [2.75, 3.05) is 23.1 Å². The number of hydrogen-bond acceptors (Lipinski definition) is 4. The molecular formula is C25H27N3O2S2. The van der Waals surface area contributed by atoms with Gasteiger partial charge in [-0.1, -0.05) is 37.3 Å². The van der Waals surface area contributed by atoms with Crippen molar-refractivity contribution in [1.82, 2.24) is 0 Å². The number of para-hydroxylation sites is 2. The second kappa shape index (κ2) is 11.5. The highest BCUT2D eigenvalue weighted by molar-refractivity contribution is 8.00. The van der Waals surface area contributed by atoms with Crippen molar-refractivity contribution >= 4 is 52.1 Å². The summed E-state index contributed by atoms with van der Waals surface area (Å²) in [6.45, 7) is 4.02. The van der Waals surface area contributed by atoms with E-state index in [1.54, 1.807) is 7.11 Å². The van der Waals surface area contributed by atoms with Crippen LogP contribution in [0.4, 0.5) is 17.1 Å². The molecule has 0 spiro atoms. The van der Waals surface area contributed by atoms with Crippen molar-refractivity contribution in [2.45, 2.75) is 30.4 Å². The lowest BCUT2D eigenvalue weighted by atomic mass is 10.2. The number of rotatable bonds is 8. The smallest absolute Gasteiger partial charge is 0.237 e. The summed E-state index contributed by atoms with van der Waals surface area (Å²) in [5, 5.41) is 9.63. The first-order valence-electron chi connectivity index (χ1n) is 10.3. The first-order valence-corrected chi connectivity index (χ1v) is 11.6. The third-order valence-corrected chi connectivity index (χ3v) is 6.24. The van der Waals surface area contributed by atoms with Gasteiger partial charge in [0.05, 0.1) is 18.0 Å². The van der Waals surface area contributed by atoms with Gasteiger partial charge in [-0.2, -0.15) is 0 Å². The van der Waals surface area contributed by atoms with Crippen LogP contribution in [0.5, 0.6) is 5.75 Å². The van der Waals surface area contributed by atoms with Crippen LogP contribution >= 0.6 is 24.0 Å². The molecule has 5 nitrogen and oxygen atoms in total. The quantitative estimate of drug-likeness (QED) is 0.267. The van der Waals surface area contributed by atoms with Gasteiger partial charge >= 0.3 is 0 Å². The fourth-order valence-corrected chi connectivity index (χ4v) is 4.35. The van der Waals surface area contributed by atoms with Crippen LogP contribution in [0, 0.1) is 6.92 Å². The molecule has 0 saturated carbocycles. The summed E-state index contributed by atoms with van der Waals surface area (Å²) in [6, 6.07) is 23.3. The fraction of sp³-hybridized carbons (Fsp3) is 0.200. The molecule has 0 saturated heterocycles. The molecule has 0 aliphatic carbocycles. The summed E-state index contributed by atoms with van der Waals surface area (Å²) in [7, 11) is 1.62. The molecule has 0 aliphatic rings. The maximum atomic E-state index is 12.8. The van der Waals surface area contributed by atoms with Crippen LogP contribution in [0.1, 0.15) is 18.9 Å². The topological polar surface area (TPSA) is 62.4 Å². The van der Waals surface area contributed by atoms with Crippen molar-refractivity contribution in [3.8, 4) is 5.75 Å². The third kappa shape index (κ3) is 6.73. The van der Waals surface area contributed by atoms with Crippen molar-refractivity contribution in [1.29, 1.82) is 0 Å². The predicted molar refractivity (Wildman–Crippen MR) is 139 cm³/mol. The molecule has 0 heterocycles. The molecule has 3 aromatic carbocycles. The first-order chi connectivity index (χ1) is 15.5. The summed E-state index contributed by atoms with van der Waals surface area (Å²) < 4.78 is 5.35. The molecule has 0 bridgehead atoms. The number of carbonyl (C=O) groups is 1. The van der Waals surface area contributed by atoms with Crippen LogP contribution in [-0.4, -0.2) is 23.4 Å². The Kier molecular flexibility index (Phi) is 8.53. The van der Waals surface area contributed by atoms with Gasteiger partial charge in [0.1, 0.15) is 5.75 Å². The summed E-state index contributed by atoms with van der Waals surface area (Å²) >= 11 is 6.99. The van der Waals surface area contributed by atoms with E-state index in [1.165, 1.54) is 11.8 Å². The standard InChI is InChI=1S/C25H27N3O2S2/c1-4-23(24(29)26-18-10-7-9-17(2)15-18)32-20-12-8-11-19(16-20)27-25(31)28-21-13-5-6-14-22(21)30-3/h5-16,23H,4H2,1-3H3,(H,26,29)(H2,27,28,31). The molecule has 1 atom stereocenters. The number of anilines is 3. The molecule has 1 amide bonds. The molecule has 0 radical (unpaired) electrons. The molecule has 0 aromatic heterocycles. The Labute approximate surface area is 199 Å². The van der Waals surface area contributed by atoms with Crippen LogP contribution in [0.2, 0.25) is 0 Å². The SMILES string of the molecule is CCC(Sc1cccc(NC(=S)Nc2ccccc2OC)c1)C(=O)Nc1cccc(C)c1. The first kappa shape index (κ1) is 23.6. The molecule has 1 unspecified atom stereocenters. The van der Waals surface area contributed by atoms with Gasteiger partial charge in [-0.3, -0.25) is 4.79 Å². The van der Waals surface area contributed by atoms with Gasteiger partial charge in [-0.05, 0) is 73.6 Å². The monoisotopic (exact) mass is 465 g/mol. The van der Waals surface area contributed by atoms with E-state index in [9.17, 15) is 4.79 Å². The Morgan fingerprint density at radius 3 is 2.41 bits per heavy atom. The zero-order valence-electron chi connectivity index (χ0n) is 18.3. The number of carbonyl (C=O) groups excluding carboxylic acids is 1. The Bertz CT molecular complexity index is 1090. The summed E-state index contributed by atoms with van der Waals surface area (Å²) in [4.78, 5) is 13.8. The largest absolute Gasteiger partial charge is 0.495 e. The van der Waals surface area contributed by atoms with E-state index in [0.717, 1.165) is 27.5 Å². The average Bonchev–Trinajstić information content (AvgIpc) is 2.78. The number of benzene rings is 3. The number of ether oxygens (including phenoxy) is 1. The lowest BCUT2D eigenvalue weighted by Gasteiger charge is -2.16. The zero-order valence-corrected chi connectivity index (χ0v) is 20.0. The molecule has 7 heteroatoms. The second-order valence-electron chi connectivity index (χ2n) is 7.18. The summed E-state index contributed by atoms with van der Waals surface area (Å²) in [5.74, 6) is 0.709. The lowest BCUT2D eigenvalue weighted by molar-refractivity contribution is -0.115. The van der Waals surface area contributed by atoms with E-state index in [-0.39, 0.29) is 11.2 Å². The summed E-state index contributed by atoms with van der Waals surface area (Å²) in [6.07, 6.45) is 0.716. The maximum Gasteiger partial charge on any atom is 0.237 e. The number of hydrogen-bond donors (Lipinski definition) is 3. The Hall–Kier alpha value is -3.03. The van der Waals surface area contributed by atoms with E-state index in [4.69, 9.17) is 17.0 Å². The zero-order chi connectivity index (χ0) is 22.9. The van der Waals surface area contributed by atoms with Gasteiger partial charge in [-0.15, -0.1) is 11.8 Å². The number of nitrogens with one attached hydrogen (secondary N) is 3. The van der Waals surface area contributed by atoms with E-state index in [0.29, 0.717) is 17.3 Å². The Morgan fingerprint density at radius 2 is 1.69 bits per heavy atom. The minimum atomic E-state index is -0.204. The van der Waals surface area contributed by atoms with E-state index < -0.39 is 0 Å². The molecule has 0 fully saturated rings. The fourth-order valence-electron chi connectivity index (χ4n) is 3.11. The van der Waals surface area contributed by atoms with Crippen molar-refractivity contribution < 1.29 is 9.53 Å². The van der Waals surface area contributed by atoms with Crippen LogP contribution in [0.15, 0.2) is 77.7 Å². The van der Waals surface area contributed by atoms with Crippen molar-refractivity contribution in [2.24, 2.45) is 0 Å². The highest BCUT2D eigenvalue weighted by Crippen LogP contribution is 2.29. The number of methoxy groups -OCH3 is 1. The highest BCUT2D eigenvalue weighted by Gasteiger charge is 2.18. The van der Waals surface area contributed by atoms with Crippen LogP contribution in [-0.2, 0) is 4.79 Å². The van der Waals surface area contributed by atoms with Crippen LogP contribution < -0.4 is 20.7 Å². The molecule has 0 aliphatic heterocycles. The van der Waals surface area contributed by atoms with Crippen molar-refractivity contribution in [3.63, 3.8) is 0 Å². The van der Waals surface area contributed by atoms with Gasteiger partial charge in [0, 0.05) is 16.3 Å². The minimum absolute atomic E-state index is 0.00479. The molecule has 32 heavy (non-hydrogen) atoms. The van der Waals surface area contributed by atoms with Crippen LogP contribution in [0.25, 0.3) is 0 Å². The second-order valence-corrected chi connectivity index (χ2v) is 8.87. The molecule has 166 valence electrons. The van der Waals surface area contributed by atoms with Gasteiger partial charge in [0.2, 0.25) is 5.91 Å². The lowest BCUT2D eigenvalue weighted by Crippen LogP contribution is -2.24. The molecule has 3 N–H and O–H groups in total. The average molecular weight is 466 g/mol. The van der Waals surface area contributed by atoms with Gasteiger partial charge in [-0.25, -0.2) is 0 Å². The number of amides is 1. The number of thiocarbonyl (C=S) groups is 1. The number of aryl methyl sites for hydroxylation is 1. The van der Waals surface area contributed by atoms with Gasteiger partial charge in [0.25, 0.3) is 0 Å². The highest BCUT2D eigenvalue weighted by atomic mass is 32.2. The minimum Gasteiger partial charge on any atom is -0.495 e. The van der Waals surface area contributed by atoms with Gasteiger partial charge in [0.15, 0.2) is 5.11 Å². The Balaban J connectivity index is 1.62. The van der Waals surface area contributed by atoms with Gasteiger partial charge < -0.3 is 20.7 Å². The molecular weight excluding hydrogens is 438 g/mol. The van der Waals surface area contributed by atoms with E-state index >= 15 is 0 Å². The predicted octanol–water partition coefficient (Wildman–Crippen LogP) is 6.32. The van der Waals surface area contributed by atoms with Crippen molar-refractivity contribution in [3.05, 3.63) is 78.4 Å². The maximum absolute atomic E-state index is 12.8. The normalized spacial score (nSPS) is 11.3. The van der Waals surface area contributed by atoms with E-state index in [2.05, 4.69) is 16.0 Å². The molecule has 3 rings (SSSR count). The molecule has 3 aromatic rings. The van der Waals surface area contributed by atoms with E-state index in [1.807, 2.05) is 86.6 Å². The summed E-state index contributed by atoms with van der Waals surface area (Å²) in [5.41, 5.74) is 3.56. The number of thioether (sulfide) groups is 1. The third-order valence-electron chi connectivity index (χ3n) is 4.67. The Morgan fingerprint density at radius 1 is 0.969 bits per heavy atom. The van der Waals surface area contributed by atoms with Crippen LogP contribution in [0.3, 0.4) is 0 Å².